The summed E-state index contributed by atoms with van der Waals surface area (Å²) in [7, 11) is 1.56. The molecule has 0 fully saturated rings. The molecule has 21 heavy (non-hydrogen) atoms. The number of ether oxygens (including phenoxy) is 1. The number of aliphatic hydroxyl groups excluding tert-OH is 1. The third-order valence-electron chi connectivity index (χ3n) is 2.94. The zero-order valence-electron chi connectivity index (χ0n) is 12.0. The summed E-state index contributed by atoms with van der Waals surface area (Å²) in [5.41, 5.74) is 2.18. The third-order valence-corrected chi connectivity index (χ3v) is 2.94. The Morgan fingerprint density at radius 1 is 1.38 bits per heavy atom. The van der Waals surface area contributed by atoms with Crippen LogP contribution >= 0.6 is 0 Å². The second-order valence-electron chi connectivity index (χ2n) is 4.49. The van der Waals surface area contributed by atoms with Crippen molar-refractivity contribution in [1.29, 1.82) is 0 Å². The molecule has 0 atom stereocenters. The van der Waals surface area contributed by atoms with Gasteiger partial charge in [-0.05, 0) is 24.6 Å². The van der Waals surface area contributed by atoms with Crippen molar-refractivity contribution in [2.24, 2.45) is 0 Å². The van der Waals surface area contributed by atoms with Crippen LogP contribution in [0.4, 0.5) is 0 Å². The minimum absolute atomic E-state index is 0.0960. The molecular formula is C16H16N2O3. The molecule has 1 aromatic carbocycles. The van der Waals surface area contributed by atoms with Gasteiger partial charge in [0.1, 0.15) is 12.4 Å². The first-order chi connectivity index (χ1) is 10.1. The van der Waals surface area contributed by atoms with Crippen LogP contribution < -0.4 is 10.3 Å². The Hall–Kier alpha value is -2.58. The highest BCUT2D eigenvalue weighted by molar-refractivity contribution is 5.48. The molecule has 0 aliphatic carbocycles. The van der Waals surface area contributed by atoms with Gasteiger partial charge in [-0.3, -0.25) is 9.36 Å². The molecule has 108 valence electrons. The van der Waals surface area contributed by atoms with E-state index >= 15 is 0 Å². The lowest BCUT2D eigenvalue weighted by Gasteiger charge is -2.08. The normalized spacial score (nSPS) is 9.86. The number of aromatic nitrogens is 2. The minimum atomic E-state index is -0.214. The Morgan fingerprint density at radius 2 is 2.19 bits per heavy atom. The number of methoxy groups -OCH3 is 1. The minimum Gasteiger partial charge on any atom is -0.495 e. The van der Waals surface area contributed by atoms with Crippen molar-refractivity contribution in [1.82, 2.24) is 9.55 Å². The summed E-state index contributed by atoms with van der Waals surface area (Å²) in [6, 6.07) is 7.00. The smallest absolute Gasteiger partial charge is 0.253 e. The number of hydrogen-bond donors (Lipinski definition) is 1. The van der Waals surface area contributed by atoms with Gasteiger partial charge in [0.25, 0.3) is 5.56 Å². The van der Waals surface area contributed by atoms with Gasteiger partial charge < -0.3 is 9.84 Å². The Labute approximate surface area is 122 Å². The first-order valence-electron chi connectivity index (χ1n) is 6.44. The van der Waals surface area contributed by atoms with Crippen molar-refractivity contribution < 1.29 is 9.84 Å². The highest BCUT2D eigenvalue weighted by Crippen LogP contribution is 2.19. The standard InChI is InChI=1S/C16H16N2O3/c1-12-8-16(20)18(11-17-12)10-13-5-6-15(21-2)14(9-13)4-3-7-19/h5-6,8-9,11,19H,7,10H2,1-2H3. The molecular weight excluding hydrogens is 268 g/mol. The molecule has 0 saturated carbocycles. The molecule has 5 nitrogen and oxygen atoms in total. The zero-order valence-corrected chi connectivity index (χ0v) is 12.0. The molecule has 0 unspecified atom stereocenters. The highest BCUT2D eigenvalue weighted by Gasteiger charge is 2.04. The van der Waals surface area contributed by atoms with E-state index < -0.39 is 0 Å². The van der Waals surface area contributed by atoms with Crippen LogP contribution in [0.1, 0.15) is 16.8 Å². The summed E-state index contributed by atoms with van der Waals surface area (Å²) >= 11 is 0. The van der Waals surface area contributed by atoms with Crippen LogP contribution in [0.5, 0.6) is 5.75 Å². The topological polar surface area (TPSA) is 64.4 Å². The summed E-state index contributed by atoms with van der Waals surface area (Å²) in [5.74, 6) is 6.06. The first kappa shape index (κ1) is 14.8. The van der Waals surface area contributed by atoms with Crippen molar-refractivity contribution in [2.75, 3.05) is 13.7 Å². The first-order valence-corrected chi connectivity index (χ1v) is 6.44. The Kier molecular flexibility index (Phi) is 4.75. The van der Waals surface area contributed by atoms with E-state index in [0.717, 1.165) is 5.56 Å². The molecule has 0 spiro atoms. The van der Waals surface area contributed by atoms with Crippen LogP contribution in [-0.4, -0.2) is 28.4 Å². The molecule has 0 bridgehead atoms. The Bertz CT molecular complexity index is 754. The van der Waals surface area contributed by atoms with Gasteiger partial charge in [0, 0.05) is 11.8 Å². The van der Waals surface area contributed by atoms with Crippen molar-refractivity contribution in [3.05, 3.63) is 57.8 Å². The maximum absolute atomic E-state index is 11.9. The van der Waals surface area contributed by atoms with Gasteiger partial charge in [-0.25, -0.2) is 4.98 Å². The predicted molar refractivity (Wildman–Crippen MR) is 79.3 cm³/mol. The van der Waals surface area contributed by atoms with Crippen LogP contribution in [0.15, 0.2) is 35.4 Å². The van der Waals surface area contributed by atoms with Crippen LogP contribution in [0, 0.1) is 18.8 Å². The van der Waals surface area contributed by atoms with Crippen LogP contribution in [0.25, 0.3) is 0 Å². The number of nitrogens with zero attached hydrogens (tertiary/aromatic N) is 2. The predicted octanol–water partition coefficient (Wildman–Crippen LogP) is 0.952. The van der Waals surface area contributed by atoms with Crippen molar-refractivity contribution in [3.63, 3.8) is 0 Å². The van der Waals surface area contributed by atoms with Gasteiger partial charge in [0.2, 0.25) is 0 Å². The van der Waals surface area contributed by atoms with Crippen LogP contribution in [0.3, 0.4) is 0 Å². The van der Waals surface area contributed by atoms with Gasteiger partial charge in [0.15, 0.2) is 0 Å². The van der Waals surface area contributed by atoms with E-state index in [0.29, 0.717) is 23.6 Å². The molecule has 1 N–H and O–H groups in total. The fraction of sp³-hybridized carbons (Fsp3) is 0.250. The van der Waals surface area contributed by atoms with Gasteiger partial charge in [-0.1, -0.05) is 17.9 Å². The van der Waals surface area contributed by atoms with E-state index in [1.165, 1.54) is 17.0 Å². The average molecular weight is 284 g/mol. The van der Waals surface area contributed by atoms with Crippen molar-refractivity contribution in [3.8, 4) is 17.6 Å². The van der Waals surface area contributed by atoms with Gasteiger partial charge in [0.05, 0.1) is 25.5 Å². The second kappa shape index (κ2) is 6.73. The SMILES string of the molecule is COc1ccc(Cn2cnc(C)cc2=O)cc1C#CCO. The molecule has 0 aliphatic heterocycles. The molecule has 0 radical (unpaired) electrons. The second-order valence-corrected chi connectivity index (χ2v) is 4.49. The van der Waals surface area contributed by atoms with Crippen molar-refractivity contribution in [2.45, 2.75) is 13.5 Å². The summed E-state index contributed by atoms with van der Waals surface area (Å²) < 4.78 is 6.75. The number of aliphatic hydroxyl groups is 1. The number of hydrogen-bond acceptors (Lipinski definition) is 4. The van der Waals surface area contributed by atoms with Crippen LogP contribution in [0.2, 0.25) is 0 Å². The lowest BCUT2D eigenvalue weighted by Crippen LogP contribution is -2.20. The maximum atomic E-state index is 11.9. The molecule has 0 amide bonds. The molecule has 5 heteroatoms. The van der Waals surface area contributed by atoms with E-state index in [2.05, 4.69) is 16.8 Å². The average Bonchev–Trinajstić information content (AvgIpc) is 2.48. The largest absolute Gasteiger partial charge is 0.495 e. The summed E-state index contributed by atoms with van der Waals surface area (Å²) in [5, 5.41) is 8.79. The fourth-order valence-electron chi connectivity index (χ4n) is 1.92. The number of benzene rings is 1. The molecule has 2 aromatic rings. The lowest BCUT2D eigenvalue weighted by molar-refractivity contribution is 0.350. The molecule has 0 aliphatic rings. The fourth-order valence-corrected chi connectivity index (χ4v) is 1.92. The summed E-state index contributed by atoms with van der Waals surface area (Å²) in [4.78, 5) is 16.0. The summed E-state index contributed by atoms with van der Waals surface area (Å²) in [6.45, 7) is 1.97. The van der Waals surface area contributed by atoms with Gasteiger partial charge in [-0.15, -0.1) is 0 Å². The van der Waals surface area contributed by atoms with Gasteiger partial charge in [-0.2, -0.15) is 0 Å². The van der Waals surface area contributed by atoms with E-state index in [1.807, 2.05) is 12.1 Å². The quantitative estimate of drug-likeness (QED) is 0.852. The zero-order chi connectivity index (χ0) is 15.2. The van der Waals surface area contributed by atoms with Gasteiger partial charge >= 0.3 is 0 Å². The number of rotatable bonds is 3. The van der Waals surface area contributed by atoms with E-state index in [9.17, 15) is 4.79 Å². The molecule has 1 heterocycles. The van der Waals surface area contributed by atoms with Crippen LogP contribution in [-0.2, 0) is 6.54 Å². The Balaban J connectivity index is 2.34. The highest BCUT2D eigenvalue weighted by atomic mass is 16.5. The maximum Gasteiger partial charge on any atom is 0.253 e. The van der Waals surface area contributed by atoms with E-state index in [1.54, 1.807) is 20.1 Å². The molecule has 0 saturated heterocycles. The Morgan fingerprint density at radius 3 is 2.86 bits per heavy atom. The number of aryl methyl sites for hydroxylation is 1. The third kappa shape index (κ3) is 3.71. The lowest BCUT2D eigenvalue weighted by atomic mass is 10.1. The van der Waals surface area contributed by atoms with Crippen molar-refractivity contribution >= 4 is 0 Å². The van der Waals surface area contributed by atoms with E-state index in [4.69, 9.17) is 9.84 Å². The monoisotopic (exact) mass is 284 g/mol. The molecule has 1 aromatic heterocycles. The van der Waals surface area contributed by atoms with E-state index in [-0.39, 0.29) is 12.2 Å². The molecule has 2 rings (SSSR count). The summed E-state index contributed by atoms with van der Waals surface area (Å²) in [6.07, 6.45) is 1.53.